The van der Waals surface area contributed by atoms with E-state index in [1.807, 2.05) is 18.2 Å². The third kappa shape index (κ3) is 4.26. The molecule has 4 heteroatoms. The van der Waals surface area contributed by atoms with Crippen molar-refractivity contribution in [2.75, 3.05) is 5.73 Å². The van der Waals surface area contributed by atoms with Gasteiger partial charge in [-0.25, -0.2) is 0 Å². The zero-order chi connectivity index (χ0) is 19.4. The SMILES string of the molecule is Nc1cccc(Cl)c1C[P+](c1ccccc1)(c1ccccc1)c1ccccc1.[Br-]. The second-order valence-corrected chi connectivity index (χ2v) is 10.7. The largest absolute Gasteiger partial charge is 1.00 e. The average Bonchev–Trinajstić information content (AvgIpc) is 2.76. The van der Waals surface area contributed by atoms with Gasteiger partial charge in [-0.15, -0.1) is 0 Å². The first-order chi connectivity index (χ1) is 13.7. The lowest BCUT2D eigenvalue weighted by molar-refractivity contribution is -0.00000535. The molecule has 4 aromatic carbocycles. The van der Waals surface area contributed by atoms with E-state index in [1.165, 1.54) is 15.9 Å². The topological polar surface area (TPSA) is 26.0 Å². The Morgan fingerprint density at radius 2 is 1.00 bits per heavy atom. The Morgan fingerprint density at radius 1 is 0.586 bits per heavy atom. The van der Waals surface area contributed by atoms with Crippen LogP contribution in [0.15, 0.2) is 109 Å². The summed E-state index contributed by atoms with van der Waals surface area (Å²) in [6, 6.07) is 38.1. The number of rotatable bonds is 5. The molecule has 0 aliphatic heterocycles. The van der Waals surface area contributed by atoms with Gasteiger partial charge < -0.3 is 22.7 Å². The molecule has 0 amide bonds. The van der Waals surface area contributed by atoms with Gasteiger partial charge in [0, 0.05) is 16.3 Å². The monoisotopic (exact) mass is 481 g/mol. The van der Waals surface area contributed by atoms with Crippen molar-refractivity contribution >= 4 is 40.5 Å². The number of hydrogen-bond acceptors (Lipinski definition) is 1. The Kier molecular flexibility index (Phi) is 7.14. The Labute approximate surface area is 188 Å². The highest BCUT2D eigenvalue weighted by Gasteiger charge is 2.46. The number of nitrogens with two attached hydrogens (primary N) is 1. The van der Waals surface area contributed by atoms with Gasteiger partial charge >= 0.3 is 0 Å². The van der Waals surface area contributed by atoms with E-state index in [0.717, 1.165) is 22.4 Å². The van der Waals surface area contributed by atoms with Gasteiger partial charge in [0.2, 0.25) is 0 Å². The minimum atomic E-state index is -1.99. The summed E-state index contributed by atoms with van der Waals surface area (Å²) in [5, 5.41) is 4.71. The Bertz CT molecular complexity index is 939. The van der Waals surface area contributed by atoms with Crippen molar-refractivity contribution in [1.29, 1.82) is 0 Å². The van der Waals surface area contributed by atoms with Gasteiger partial charge in [0.25, 0.3) is 0 Å². The van der Waals surface area contributed by atoms with E-state index in [-0.39, 0.29) is 17.0 Å². The van der Waals surface area contributed by atoms with Gasteiger partial charge in [-0.3, -0.25) is 0 Å². The molecule has 4 rings (SSSR count). The van der Waals surface area contributed by atoms with Gasteiger partial charge in [0.05, 0.1) is 0 Å². The number of benzene rings is 4. The number of anilines is 1. The molecule has 0 spiro atoms. The van der Waals surface area contributed by atoms with Crippen LogP contribution in [0.3, 0.4) is 0 Å². The van der Waals surface area contributed by atoms with Crippen molar-refractivity contribution in [3.63, 3.8) is 0 Å². The van der Waals surface area contributed by atoms with Gasteiger partial charge in [-0.05, 0) is 48.5 Å². The van der Waals surface area contributed by atoms with Crippen molar-refractivity contribution in [3.05, 3.63) is 120 Å². The van der Waals surface area contributed by atoms with E-state index in [2.05, 4.69) is 91.0 Å². The van der Waals surface area contributed by atoms with Crippen LogP contribution in [-0.2, 0) is 6.16 Å². The zero-order valence-corrected chi connectivity index (χ0v) is 19.1. The second-order valence-electron chi connectivity index (χ2n) is 6.78. The van der Waals surface area contributed by atoms with E-state index < -0.39 is 7.26 Å². The van der Waals surface area contributed by atoms with Gasteiger partial charge in [0.1, 0.15) is 29.3 Å². The fraction of sp³-hybridized carbons (Fsp3) is 0.0400. The molecule has 0 heterocycles. The summed E-state index contributed by atoms with van der Waals surface area (Å²) < 4.78 is 0. The van der Waals surface area contributed by atoms with Crippen LogP contribution in [0, 0.1) is 0 Å². The maximum Gasteiger partial charge on any atom is 0.116 e. The molecule has 29 heavy (non-hydrogen) atoms. The summed E-state index contributed by atoms with van der Waals surface area (Å²) in [6.45, 7) is 0. The molecule has 2 N–H and O–H groups in total. The number of nitrogen functional groups attached to an aromatic ring is 1. The van der Waals surface area contributed by atoms with Crippen molar-refractivity contribution < 1.29 is 17.0 Å². The van der Waals surface area contributed by atoms with Crippen molar-refractivity contribution in [3.8, 4) is 0 Å². The Balaban J connectivity index is 0.00000240. The molecule has 0 radical (unpaired) electrons. The van der Waals surface area contributed by atoms with Crippen molar-refractivity contribution in [2.24, 2.45) is 0 Å². The minimum Gasteiger partial charge on any atom is -1.00 e. The lowest BCUT2D eigenvalue weighted by Crippen LogP contribution is -3.00. The van der Waals surface area contributed by atoms with Gasteiger partial charge in [-0.1, -0.05) is 72.3 Å². The summed E-state index contributed by atoms with van der Waals surface area (Å²) in [4.78, 5) is 0. The molecule has 146 valence electrons. The predicted octanol–water partition coefficient (Wildman–Crippen LogP) is 2.42. The first-order valence-electron chi connectivity index (χ1n) is 9.29. The van der Waals surface area contributed by atoms with E-state index in [0.29, 0.717) is 0 Å². The lowest BCUT2D eigenvalue weighted by Gasteiger charge is -2.28. The average molecular weight is 483 g/mol. The molecular weight excluding hydrogens is 461 g/mol. The highest BCUT2D eigenvalue weighted by molar-refractivity contribution is 7.95. The van der Waals surface area contributed by atoms with Crippen LogP contribution >= 0.6 is 18.9 Å². The molecule has 0 aliphatic carbocycles. The van der Waals surface area contributed by atoms with Crippen LogP contribution in [0.5, 0.6) is 0 Å². The van der Waals surface area contributed by atoms with Gasteiger partial charge in [0.15, 0.2) is 0 Å². The Hall–Kier alpha value is -2.12. The molecule has 0 saturated heterocycles. The molecular formula is C25H22BrClNP. The zero-order valence-electron chi connectivity index (χ0n) is 15.9. The summed E-state index contributed by atoms with van der Waals surface area (Å²) in [5.41, 5.74) is 8.17. The highest BCUT2D eigenvalue weighted by Crippen LogP contribution is 2.59. The summed E-state index contributed by atoms with van der Waals surface area (Å²) in [7, 11) is -1.99. The van der Waals surface area contributed by atoms with Gasteiger partial charge in [-0.2, -0.15) is 0 Å². The van der Waals surface area contributed by atoms with E-state index in [1.54, 1.807) is 0 Å². The molecule has 0 aliphatic rings. The standard InChI is InChI=1S/C25H22ClNP.BrH/c26-24-17-10-18-25(27)23(24)19-28(20-11-4-1-5-12-20,21-13-6-2-7-14-21)22-15-8-3-9-16-22;/h1-18H,19,27H2;1H/q+1;/p-1. The number of halogens is 2. The molecule has 0 fully saturated rings. The molecule has 0 atom stereocenters. The summed E-state index contributed by atoms with van der Waals surface area (Å²) in [5.74, 6) is 0. The molecule has 0 aromatic heterocycles. The normalized spacial score (nSPS) is 10.9. The molecule has 0 saturated carbocycles. The first kappa shape index (κ1) is 21.6. The second kappa shape index (κ2) is 9.59. The van der Waals surface area contributed by atoms with Crippen LogP contribution < -0.4 is 38.6 Å². The van der Waals surface area contributed by atoms with Crippen LogP contribution in [0.4, 0.5) is 5.69 Å². The minimum absolute atomic E-state index is 0. The van der Waals surface area contributed by atoms with Crippen LogP contribution in [0.2, 0.25) is 5.02 Å². The maximum absolute atomic E-state index is 6.64. The fourth-order valence-corrected chi connectivity index (χ4v) is 8.40. The lowest BCUT2D eigenvalue weighted by atomic mass is 10.2. The predicted molar refractivity (Wildman–Crippen MR) is 125 cm³/mol. The van der Waals surface area contributed by atoms with E-state index in [4.69, 9.17) is 17.3 Å². The van der Waals surface area contributed by atoms with E-state index in [9.17, 15) is 0 Å². The molecule has 0 bridgehead atoms. The fourth-order valence-electron chi connectivity index (χ4n) is 3.75. The molecule has 4 aromatic rings. The highest BCUT2D eigenvalue weighted by atomic mass is 79.9. The smallest absolute Gasteiger partial charge is 0.116 e. The quantitative estimate of drug-likeness (QED) is 0.343. The van der Waals surface area contributed by atoms with Crippen molar-refractivity contribution in [2.45, 2.75) is 6.16 Å². The van der Waals surface area contributed by atoms with E-state index >= 15 is 0 Å². The first-order valence-corrected chi connectivity index (χ1v) is 11.6. The molecule has 1 nitrogen and oxygen atoms in total. The Morgan fingerprint density at radius 3 is 1.38 bits per heavy atom. The van der Waals surface area contributed by atoms with Crippen LogP contribution in [-0.4, -0.2) is 0 Å². The number of hydrogen-bond donors (Lipinski definition) is 1. The summed E-state index contributed by atoms with van der Waals surface area (Å²) in [6.07, 6.45) is 0.788. The molecule has 0 unspecified atom stereocenters. The third-order valence-corrected chi connectivity index (χ3v) is 9.83. The van der Waals surface area contributed by atoms with Crippen LogP contribution in [0.25, 0.3) is 0 Å². The maximum atomic E-state index is 6.64. The summed E-state index contributed by atoms with van der Waals surface area (Å²) >= 11 is 6.64. The van der Waals surface area contributed by atoms with Crippen molar-refractivity contribution in [1.82, 2.24) is 0 Å². The van der Waals surface area contributed by atoms with Crippen LogP contribution in [0.1, 0.15) is 5.56 Å². The third-order valence-electron chi connectivity index (χ3n) is 5.14.